The third-order valence-corrected chi connectivity index (χ3v) is 2.77. The Morgan fingerprint density at radius 3 is 2.31 bits per heavy atom. The molecule has 0 aromatic rings. The monoisotopic (exact) mass is 180 g/mol. The van der Waals surface area contributed by atoms with Crippen LogP contribution in [0.4, 0.5) is 0 Å². The predicted octanol–water partition coefficient (Wildman–Crippen LogP) is 3.83. The maximum absolute atomic E-state index is 9.93. The predicted molar refractivity (Wildman–Crippen MR) is 56.6 cm³/mol. The van der Waals surface area contributed by atoms with Crippen molar-refractivity contribution in [2.45, 2.75) is 41.0 Å². The Hall–Kier alpha value is -0.720. The Bertz CT molecular complexity index is 263. The van der Waals surface area contributed by atoms with E-state index in [-0.39, 0.29) is 11.3 Å². The highest BCUT2D eigenvalue weighted by Gasteiger charge is 2.31. The first-order valence-electron chi connectivity index (χ1n) is 4.89. The largest absolute Gasteiger partial charge is 0.512 e. The van der Waals surface area contributed by atoms with Crippen LogP contribution in [0.5, 0.6) is 0 Å². The zero-order valence-electron chi connectivity index (χ0n) is 9.31. The van der Waals surface area contributed by atoms with E-state index in [9.17, 15) is 5.11 Å². The first-order valence-corrected chi connectivity index (χ1v) is 4.89. The van der Waals surface area contributed by atoms with Crippen LogP contribution in [0.15, 0.2) is 23.0 Å². The van der Waals surface area contributed by atoms with Gasteiger partial charge in [-0.3, -0.25) is 0 Å². The highest BCUT2D eigenvalue weighted by Crippen LogP contribution is 2.39. The molecule has 0 bridgehead atoms. The van der Waals surface area contributed by atoms with E-state index in [1.807, 2.05) is 6.92 Å². The van der Waals surface area contributed by atoms with Gasteiger partial charge in [-0.1, -0.05) is 32.4 Å². The number of allylic oxidation sites excluding steroid dienone is 4. The lowest BCUT2D eigenvalue weighted by molar-refractivity contribution is 0.194. The van der Waals surface area contributed by atoms with Crippen molar-refractivity contribution >= 4 is 0 Å². The lowest BCUT2D eigenvalue weighted by Crippen LogP contribution is -2.25. The molecule has 0 fully saturated rings. The first kappa shape index (κ1) is 10.4. The fraction of sp³-hybridized carbons (Fsp3) is 0.667. The van der Waals surface area contributed by atoms with E-state index in [1.165, 1.54) is 5.57 Å². The third-order valence-electron chi connectivity index (χ3n) is 2.77. The highest BCUT2D eigenvalue weighted by atomic mass is 16.3. The van der Waals surface area contributed by atoms with Crippen LogP contribution in [-0.2, 0) is 0 Å². The number of aliphatic hydroxyl groups is 1. The van der Waals surface area contributed by atoms with Crippen LogP contribution in [-0.4, -0.2) is 5.11 Å². The van der Waals surface area contributed by atoms with Crippen LogP contribution in [0.1, 0.15) is 41.0 Å². The van der Waals surface area contributed by atoms with Crippen molar-refractivity contribution in [1.82, 2.24) is 0 Å². The summed E-state index contributed by atoms with van der Waals surface area (Å²) < 4.78 is 0. The van der Waals surface area contributed by atoms with Gasteiger partial charge in [0.15, 0.2) is 0 Å². The molecule has 0 aromatic carbocycles. The van der Waals surface area contributed by atoms with Gasteiger partial charge in [-0.15, -0.1) is 0 Å². The molecule has 0 heterocycles. The van der Waals surface area contributed by atoms with Crippen LogP contribution < -0.4 is 0 Å². The molecule has 1 aliphatic carbocycles. The Morgan fingerprint density at radius 2 is 1.85 bits per heavy atom. The SMILES string of the molecule is CC1=CC(C)=C(O)C(C(C)(C)C)C1. The molecule has 1 unspecified atom stereocenters. The van der Waals surface area contributed by atoms with Crippen LogP contribution in [0.25, 0.3) is 0 Å². The number of rotatable bonds is 0. The summed E-state index contributed by atoms with van der Waals surface area (Å²) in [4.78, 5) is 0. The summed E-state index contributed by atoms with van der Waals surface area (Å²) in [5, 5.41) is 9.93. The van der Waals surface area contributed by atoms with Crippen LogP contribution in [0.2, 0.25) is 0 Å². The second kappa shape index (κ2) is 3.21. The molecule has 0 saturated carbocycles. The van der Waals surface area contributed by atoms with Gasteiger partial charge in [0, 0.05) is 5.92 Å². The number of hydrogen-bond donors (Lipinski definition) is 1. The second-order valence-electron chi connectivity index (χ2n) is 5.18. The summed E-state index contributed by atoms with van der Waals surface area (Å²) >= 11 is 0. The Labute approximate surface area is 81.2 Å². The summed E-state index contributed by atoms with van der Waals surface area (Å²) in [5.41, 5.74) is 2.56. The van der Waals surface area contributed by atoms with Gasteiger partial charge >= 0.3 is 0 Å². The Morgan fingerprint density at radius 1 is 1.31 bits per heavy atom. The average molecular weight is 180 g/mol. The van der Waals surface area contributed by atoms with E-state index in [1.54, 1.807) is 0 Å². The molecule has 0 aliphatic heterocycles. The molecule has 1 heteroatoms. The topological polar surface area (TPSA) is 20.2 Å². The quantitative estimate of drug-likeness (QED) is 0.600. The van der Waals surface area contributed by atoms with Gasteiger partial charge in [0.25, 0.3) is 0 Å². The molecule has 0 radical (unpaired) electrons. The standard InChI is InChI=1S/C12H20O/c1-8-6-9(2)11(13)10(7-8)12(3,4)5/h6,10,13H,7H2,1-5H3. The van der Waals surface area contributed by atoms with E-state index in [0.717, 1.165) is 12.0 Å². The Kier molecular flexibility index (Phi) is 2.56. The van der Waals surface area contributed by atoms with Gasteiger partial charge in [0.05, 0.1) is 5.76 Å². The van der Waals surface area contributed by atoms with Crippen molar-refractivity contribution in [2.24, 2.45) is 11.3 Å². The smallest absolute Gasteiger partial charge is 0.0990 e. The molecule has 1 atom stereocenters. The van der Waals surface area contributed by atoms with Crippen molar-refractivity contribution in [1.29, 1.82) is 0 Å². The van der Waals surface area contributed by atoms with Gasteiger partial charge in [-0.2, -0.15) is 0 Å². The maximum atomic E-state index is 9.93. The van der Waals surface area contributed by atoms with Crippen molar-refractivity contribution in [3.05, 3.63) is 23.0 Å². The summed E-state index contributed by atoms with van der Waals surface area (Å²) in [6, 6.07) is 0. The molecule has 1 aliphatic rings. The zero-order valence-corrected chi connectivity index (χ0v) is 9.31. The molecule has 0 aromatic heterocycles. The number of aliphatic hydroxyl groups excluding tert-OH is 1. The maximum Gasteiger partial charge on any atom is 0.0990 e. The Balaban J connectivity index is 3.00. The van der Waals surface area contributed by atoms with Gasteiger partial charge < -0.3 is 5.11 Å². The van der Waals surface area contributed by atoms with Gasteiger partial charge in [-0.05, 0) is 31.3 Å². The van der Waals surface area contributed by atoms with Crippen LogP contribution >= 0.6 is 0 Å². The van der Waals surface area contributed by atoms with Crippen molar-refractivity contribution in [2.75, 3.05) is 0 Å². The molecular formula is C12H20O. The first-order chi connectivity index (χ1) is 5.82. The van der Waals surface area contributed by atoms with Gasteiger partial charge in [0.1, 0.15) is 0 Å². The van der Waals surface area contributed by atoms with Crippen LogP contribution in [0.3, 0.4) is 0 Å². The van der Waals surface area contributed by atoms with E-state index >= 15 is 0 Å². The highest BCUT2D eigenvalue weighted by molar-refractivity contribution is 5.30. The molecule has 0 amide bonds. The average Bonchev–Trinajstić information content (AvgIpc) is 1.94. The molecule has 0 saturated heterocycles. The van der Waals surface area contributed by atoms with Crippen molar-refractivity contribution in [3.63, 3.8) is 0 Å². The summed E-state index contributed by atoms with van der Waals surface area (Å²) in [6.07, 6.45) is 3.07. The molecule has 74 valence electrons. The van der Waals surface area contributed by atoms with E-state index in [0.29, 0.717) is 5.76 Å². The zero-order chi connectivity index (χ0) is 10.2. The fourth-order valence-corrected chi connectivity index (χ4v) is 1.91. The molecule has 1 rings (SSSR count). The van der Waals surface area contributed by atoms with Crippen LogP contribution in [0, 0.1) is 11.3 Å². The minimum absolute atomic E-state index is 0.154. The normalized spacial score (nSPS) is 24.7. The summed E-state index contributed by atoms with van der Waals surface area (Å²) in [6.45, 7) is 10.7. The number of hydrogen-bond acceptors (Lipinski definition) is 1. The second-order valence-corrected chi connectivity index (χ2v) is 5.18. The summed E-state index contributed by atoms with van der Waals surface area (Å²) in [7, 11) is 0. The lowest BCUT2D eigenvalue weighted by atomic mass is 9.73. The third kappa shape index (κ3) is 2.15. The van der Waals surface area contributed by atoms with E-state index < -0.39 is 0 Å². The lowest BCUT2D eigenvalue weighted by Gasteiger charge is -2.33. The fourth-order valence-electron chi connectivity index (χ4n) is 1.91. The molecular weight excluding hydrogens is 160 g/mol. The van der Waals surface area contributed by atoms with Gasteiger partial charge in [0.2, 0.25) is 0 Å². The molecule has 13 heavy (non-hydrogen) atoms. The minimum Gasteiger partial charge on any atom is -0.512 e. The molecule has 1 N–H and O–H groups in total. The van der Waals surface area contributed by atoms with Crippen molar-refractivity contribution < 1.29 is 5.11 Å². The molecule has 1 nitrogen and oxygen atoms in total. The van der Waals surface area contributed by atoms with E-state index in [4.69, 9.17) is 0 Å². The summed E-state index contributed by atoms with van der Waals surface area (Å²) in [5.74, 6) is 0.871. The molecule has 0 spiro atoms. The van der Waals surface area contributed by atoms with E-state index in [2.05, 4.69) is 33.8 Å². The van der Waals surface area contributed by atoms with Gasteiger partial charge in [-0.25, -0.2) is 0 Å². The minimum atomic E-state index is 0.154. The van der Waals surface area contributed by atoms with Crippen molar-refractivity contribution in [3.8, 4) is 0 Å².